The standard InChI is InChI=1S/C8H11Br/c1-8(2,3)6-4-5-7-9/h5,7H,1-3H3. The summed E-state index contributed by atoms with van der Waals surface area (Å²) >= 11 is 3.13. The van der Waals surface area contributed by atoms with Crippen molar-refractivity contribution in [3.05, 3.63) is 11.1 Å². The van der Waals surface area contributed by atoms with Crippen molar-refractivity contribution in [2.45, 2.75) is 20.8 Å². The maximum absolute atomic E-state index is 3.13. The van der Waals surface area contributed by atoms with Crippen molar-refractivity contribution in [1.29, 1.82) is 0 Å². The van der Waals surface area contributed by atoms with Crippen LogP contribution in [0.2, 0.25) is 0 Å². The summed E-state index contributed by atoms with van der Waals surface area (Å²) in [5.74, 6) is 5.95. The Bertz CT molecular complexity index is 150. The first kappa shape index (κ1) is 8.78. The van der Waals surface area contributed by atoms with Crippen LogP contribution in [0.15, 0.2) is 11.1 Å². The van der Waals surface area contributed by atoms with Gasteiger partial charge in [-0.2, -0.15) is 0 Å². The molecular formula is C8H11Br. The third-order valence-electron chi connectivity index (χ3n) is 0.593. The van der Waals surface area contributed by atoms with Crippen LogP contribution in [0, 0.1) is 17.3 Å². The van der Waals surface area contributed by atoms with Gasteiger partial charge in [0, 0.05) is 5.41 Å². The Labute approximate surface area is 65.5 Å². The molecule has 0 bridgehead atoms. The summed E-state index contributed by atoms with van der Waals surface area (Å²) in [5, 5.41) is 0. The Morgan fingerprint density at radius 3 is 2.22 bits per heavy atom. The number of halogens is 1. The van der Waals surface area contributed by atoms with Gasteiger partial charge in [0.15, 0.2) is 0 Å². The van der Waals surface area contributed by atoms with Gasteiger partial charge in [-0.05, 0) is 31.8 Å². The summed E-state index contributed by atoms with van der Waals surface area (Å²) in [6, 6.07) is 0. The first-order valence-electron chi connectivity index (χ1n) is 2.84. The average Bonchev–Trinajstić information content (AvgIpc) is 1.63. The van der Waals surface area contributed by atoms with Crippen LogP contribution in [0.5, 0.6) is 0 Å². The first-order chi connectivity index (χ1) is 4.06. The third kappa shape index (κ3) is 7.78. The molecule has 0 heterocycles. The average molecular weight is 187 g/mol. The molecule has 0 aliphatic rings. The molecule has 0 nitrogen and oxygen atoms in total. The zero-order valence-electron chi connectivity index (χ0n) is 6.03. The topological polar surface area (TPSA) is 0 Å². The second-order valence-corrected chi connectivity index (χ2v) is 3.34. The monoisotopic (exact) mass is 186 g/mol. The minimum absolute atomic E-state index is 0.118. The molecule has 0 saturated carbocycles. The predicted octanol–water partition coefficient (Wildman–Crippen LogP) is 2.94. The van der Waals surface area contributed by atoms with Gasteiger partial charge in [-0.1, -0.05) is 27.8 Å². The maximum Gasteiger partial charge on any atom is 0.0233 e. The summed E-state index contributed by atoms with van der Waals surface area (Å²) in [6.07, 6.45) is 1.78. The summed E-state index contributed by atoms with van der Waals surface area (Å²) in [6.45, 7) is 6.26. The van der Waals surface area contributed by atoms with E-state index in [4.69, 9.17) is 0 Å². The molecule has 0 N–H and O–H groups in total. The van der Waals surface area contributed by atoms with E-state index in [1.165, 1.54) is 0 Å². The molecule has 9 heavy (non-hydrogen) atoms. The van der Waals surface area contributed by atoms with E-state index in [9.17, 15) is 0 Å². The van der Waals surface area contributed by atoms with Gasteiger partial charge in [0.25, 0.3) is 0 Å². The van der Waals surface area contributed by atoms with E-state index in [0.717, 1.165) is 0 Å². The van der Waals surface area contributed by atoms with Crippen LogP contribution in [0.3, 0.4) is 0 Å². The Balaban J connectivity index is 3.88. The zero-order chi connectivity index (χ0) is 7.33. The van der Waals surface area contributed by atoms with Crippen LogP contribution in [0.1, 0.15) is 20.8 Å². The lowest BCUT2D eigenvalue weighted by molar-refractivity contribution is 0.571. The van der Waals surface area contributed by atoms with E-state index >= 15 is 0 Å². The molecule has 0 spiro atoms. The highest BCUT2D eigenvalue weighted by atomic mass is 79.9. The lowest BCUT2D eigenvalue weighted by Gasteiger charge is -2.05. The number of hydrogen-bond donors (Lipinski definition) is 0. The van der Waals surface area contributed by atoms with E-state index in [0.29, 0.717) is 0 Å². The van der Waals surface area contributed by atoms with E-state index < -0.39 is 0 Å². The molecule has 0 amide bonds. The summed E-state index contributed by atoms with van der Waals surface area (Å²) in [5.41, 5.74) is 0.118. The molecule has 0 atom stereocenters. The fourth-order valence-electron chi connectivity index (χ4n) is 0.290. The van der Waals surface area contributed by atoms with Crippen LogP contribution < -0.4 is 0 Å². The smallest absolute Gasteiger partial charge is 0.0233 e. The summed E-state index contributed by atoms with van der Waals surface area (Å²) < 4.78 is 0. The van der Waals surface area contributed by atoms with Gasteiger partial charge in [0.05, 0.1) is 0 Å². The van der Waals surface area contributed by atoms with Crippen LogP contribution in [-0.4, -0.2) is 0 Å². The van der Waals surface area contributed by atoms with E-state index in [1.807, 2.05) is 0 Å². The fraction of sp³-hybridized carbons (Fsp3) is 0.500. The Kier molecular flexibility index (Phi) is 3.65. The molecule has 0 aliphatic carbocycles. The summed E-state index contributed by atoms with van der Waals surface area (Å²) in [4.78, 5) is 1.76. The lowest BCUT2D eigenvalue weighted by Crippen LogP contribution is -1.98. The van der Waals surface area contributed by atoms with Gasteiger partial charge in [-0.25, -0.2) is 0 Å². The number of allylic oxidation sites excluding steroid dienone is 1. The van der Waals surface area contributed by atoms with Gasteiger partial charge < -0.3 is 0 Å². The van der Waals surface area contributed by atoms with Crippen molar-refractivity contribution in [2.24, 2.45) is 5.41 Å². The molecule has 0 saturated heterocycles. The van der Waals surface area contributed by atoms with Crippen LogP contribution in [0.25, 0.3) is 0 Å². The van der Waals surface area contributed by atoms with Gasteiger partial charge in [-0.15, -0.1) is 0 Å². The third-order valence-corrected chi connectivity index (χ3v) is 0.858. The van der Waals surface area contributed by atoms with Crippen molar-refractivity contribution >= 4 is 15.9 Å². The van der Waals surface area contributed by atoms with Gasteiger partial charge >= 0.3 is 0 Å². The second kappa shape index (κ2) is 3.74. The van der Waals surface area contributed by atoms with Crippen molar-refractivity contribution in [1.82, 2.24) is 0 Å². The number of rotatable bonds is 0. The molecule has 1 heteroatoms. The minimum atomic E-state index is 0.118. The predicted molar refractivity (Wildman–Crippen MR) is 45.3 cm³/mol. The van der Waals surface area contributed by atoms with Gasteiger partial charge in [-0.3, -0.25) is 0 Å². The quantitative estimate of drug-likeness (QED) is 0.511. The minimum Gasteiger partial charge on any atom is -0.0926 e. The molecule has 0 aromatic carbocycles. The highest BCUT2D eigenvalue weighted by Crippen LogP contribution is 2.09. The van der Waals surface area contributed by atoms with Crippen molar-refractivity contribution in [3.63, 3.8) is 0 Å². The number of hydrogen-bond acceptors (Lipinski definition) is 0. The molecule has 0 aromatic rings. The Morgan fingerprint density at radius 2 is 1.89 bits per heavy atom. The normalized spacial score (nSPS) is 11.1. The van der Waals surface area contributed by atoms with Gasteiger partial charge in [0.2, 0.25) is 0 Å². The van der Waals surface area contributed by atoms with Crippen LogP contribution in [0.4, 0.5) is 0 Å². The molecule has 0 fully saturated rings. The van der Waals surface area contributed by atoms with E-state index in [2.05, 4.69) is 48.5 Å². The first-order valence-corrected chi connectivity index (χ1v) is 3.76. The molecule has 0 rings (SSSR count). The maximum atomic E-state index is 3.13. The fourth-order valence-corrected chi connectivity index (χ4v) is 0.422. The highest BCUT2D eigenvalue weighted by Gasteiger charge is 2.01. The Morgan fingerprint density at radius 1 is 1.33 bits per heavy atom. The SMILES string of the molecule is CC(C)(C)C#CC=CBr. The summed E-state index contributed by atoms with van der Waals surface area (Å²) in [7, 11) is 0. The highest BCUT2D eigenvalue weighted by molar-refractivity contribution is 9.11. The van der Waals surface area contributed by atoms with Crippen molar-refractivity contribution < 1.29 is 0 Å². The zero-order valence-corrected chi connectivity index (χ0v) is 7.62. The molecular weight excluding hydrogens is 176 g/mol. The van der Waals surface area contributed by atoms with E-state index in [1.54, 1.807) is 11.1 Å². The van der Waals surface area contributed by atoms with Crippen LogP contribution in [-0.2, 0) is 0 Å². The lowest BCUT2D eigenvalue weighted by atomic mass is 9.98. The Hall–Kier alpha value is -0.220. The largest absolute Gasteiger partial charge is 0.0926 e. The van der Waals surface area contributed by atoms with E-state index in [-0.39, 0.29) is 5.41 Å². The molecule has 0 radical (unpaired) electrons. The molecule has 50 valence electrons. The molecule has 0 aromatic heterocycles. The van der Waals surface area contributed by atoms with Crippen LogP contribution >= 0.6 is 15.9 Å². The molecule has 0 unspecified atom stereocenters. The molecule has 0 aliphatic heterocycles. The second-order valence-electron chi connectivity index (χ2n) is 2.81. The van der Waals surface area contributed by atoms with Crippen molar-refractivity contribution in [3.8, 4) is 11.8 Å². The van der Waals surface area contributed by atoms with Gasteiger partial charge in [0.1, 0.15) is 0 Å². The van der Waals surface area contributed by atoms with Crippen molar-refractivity contribution in [2.75, 3.05) is 0 Å².